The lowest BCUT2D eigenvalue weighted by Crippen LogP contribution is -2.30. The number of carbonyl (C=O) groups is 1. The van der Waals surface area contributed by atoms with Gasteiger partial charge in [0.25, 0.3) is 0 Å². The average Bonchev–Trinajstić information content (AvgIpc) is 2.34. The van der Waals surface area contributed by atoms with Crippen LogP contribution in [-0.4, -0.2) is 30.3 Å². The molecule has 98 valence electrons. The van der Waals surface area contributed by atoms with Crippen LogP contribution in [0.15, 0.2) is 12.1 Å². The number of ether oxygens (including phenoxy) is 1. The molecule has 2 rings (SSSR count). The second kappa shape index (κ2) is 5.22. The highest BCUT2D eigenvalue weighted by atomic mass is 19.1. The van der Waals surface area contributed by atoms with Crippen molar-refractivity contribution in [3.05, 3.63) is 23.5 Å². The number of hydrogen-bond acceptors (Lipinski definition) is 4. The normalized spacial score (nSPS) is 19.5. The van der Waals surface area contributed by atoms with Crippen LogP contribution in [-0.2, 0) is 4.74 Å². The van der Waals surface area contributed by atoms with Gasteiger partial charge in [-0.25, -0.2) is 9.18 Å². The standard InChI is InChI=1S/C12H15FN2O3/c13-9-5-11(10(14)4-8(9)12(16)17)15-7-2-1-3-18-6-7/h4-5,7,15H,1-3,6,14H2,(H,16,17). The minimum absolute atomic E-state index is 0.0797. The number of benzene rings is 1. The summed E-state index contributed by atoms with van der Waals surface area (Å²) >= 11 is 0. The van der Waals surface area contributed by atoms with Gasteiger partial charge in [0.1, 0.15) is 5.82 Å². The Bertz CT molecular complexity index is 459. The average molecular weight is 254 g/mol. The van der Waals surface area contributed by atoms with Crippen molar-refractivity contribution >= 4 is 17.3 Å². The van der Waals surface area contributed by atoms with Gasteiger partial charge in [-0.05, 0) is 25.0 Å². The van der Waals surface area contributed by atoms with Crippen molar-refractivity contribution in [2.45, 2.75) is 18.9 Å². The summed E-state index contributed by atoms with van der Waals surface area (Å²) in [6.45, 7) is 1.28. The molecule has 18 heavy (non-hydrogen) atoms. The smallest absolute Gasteiger partial charge is 0.338 e. The number of nitrogen functional groups attached to an aromatic ring is 1. The van der Waals surface area contributed by atoms with Crippen LogP contribution in [0.1, 0.15) is 23.2 Å². The van der Waals surface area contributed by atoms with E-state index in [1.165, 1.54) is 0 Å². The van der Waals surface area contributed by atoms with Crippen molar-refractivity contribution in [1.82, 2.24) is 0 Å². The first-order valence-electron chi connectivity index (χ1n) is 5.74. The van der Waals surface area contributed by atoms with Crippen molar-refractivity contribution in [2.75, 3.05) is 24.3 Å². The van der Waals surface area contributed by atoms with Crippen molar-refractivity contribution in [2.24, 2.45) is 0 Å². The molecule has 1 heterocycles. The number of nitrogens with two attached hydrogens (primary N) is 1. The van der Waals surface area contributed by atoms with Crippen LogP contribution in [0, 0.1) is 5.82 Å². The molecule has 0 amide bonds. The lowest BCUT2D eigenvalue weighted by Gasteiger charge is -2.25. The Morgan fingerprint density at radius 1 is 1.56 bits per heavy atom. The number of hydrogen-bond donors (Lipinski definition) is 3. The first-order valence-corrected chi connectivity index (χ1v) is 5.74. The third kappa shape index (κ3) is 2.70. The monoisotopic (exact) mass is 254 g/mol. The highest BCUT2D eigenvalue weighted by molar-refractivity contribution is 5.90. The minimum Gasteiger partial charge on any atom is -0.478 e. The zero-order chi connectivity index (χ0) is 13.1. The molecule has 6 heteroatoms. The molecule has 1 atom stereocenters. The van der Waals surface area contributed by atoms with Crippen molar-refractivity contribution in [1.29, 1.82) is 0 Å². The second-order valence-electron chi connectivity index (χ2n) is 4.28. The van der Waals surface area contributed by atoms with Gasteiger partial charge in [-0.1, -0.05) is 0 Å². The van der Waals surface area contributed by atoms with Gasteiger partial charge in [-0.15, -0.1) is 0 Å². The first kappa shape index (κ1) is 12.6. The zero-order valence-corrected chi connectivity index (χ0v) is 9.78. The Balaban J connectivity index is 2.18. The van der Waals surface area contributed by atoms with E-state index in [2.05, 4.69) is 5.32 Å². The number of carboxylic acids is 1. The van der Waals surface area contributed by atoms with Crippen molar-refractivity contribution in [3.8, 4) is 0 Å². The number of halogens is 1. The fourth-order valence-electron chi connectivity index (χ4n) is 1.95. The fourth-order valence-corrected chi connectivity index (χ4v) is 1.95. The van der Waals surface area contributed by atoms with E-state index in [-0.39, 0.29) is 11.7 Å². The summed E-state index contributed by atoms with van der Waals surface area (Å²) in [7, 11) is 0. The summed E-state index contributed by atoms with van der Waals surface area (Å²) in [6.07, 6.45) is 1.86. The van der Waals surface area contributed by atoms with Gasteiger partial charge in [0, 0.05) is 12.6 Å². The lowest BCUT2D eigenvalue weighted by molar-refractivity contribution is 0.0692. The first-order chi connectivity index (χ1) is 8.58. The molecule has 1 aromatic rings. The summed E-state index contributed by atoms with van der Waals surface area (Å²) in [5, 5.41) is 11.8. The number of rotatable bonds is 3. The molecular formula is C12H15FN2O3. The molecule has 5 nitrogen and oxygen atoms in total. The summed E-state index contributed by atoms with van der Waals surface area (Å²) in [5.41, 5.74) is 5.93. The van der Waals surface area contributed by atoms with E-state index in [0.717, 1.165) is 31.6 Å². The molecule has 1 saturated heterocycles. The van der Waals surface area contributed by atoms with Gasteiger partial charge in [0.15, 0.2) is 0 Å². The molecule has 0 spiro atoms. The number of aromatic carboxylic acids is 1. The predicted molar refractivity (Wildman–Crippen MR) is 65.2 cm³/mol. The van der Waals surface area contributed by atoms with Crippen LogP contribution in [0.25, 0.3) is 0 Å². The predicted octanol–water partition coefficient (Wildman–Crippen LogP) is 1.70. The molecule has 4 N–H and O–H groups in total. The maximum Gasteiger partial charge on any atom is 0.338 e. The Morgan fingerprint density at radius 2 is 2.33 bits per heavy atom. The summed E-state index contributed by atoms with van der Waals surface area (Å²) in [6, 6.07) is 2.33. The van der Waals surface area contributed by atoms with Gasteiger partial charge in [0.05, 0.1) is 23.5 Å². The Labute approximate surface area is 104 Å². The summed E-state index contributed by atoms with van der Waals surface area (Å²) < 4.78 is 18.8. The SMILES string of the molecule is Nc1cc(C(=O)O)c(F)cc1NC1CCCOC1. The van der Waals surface area contributed by atoms with E-state index in [4.69, 9.17) is 15.6 Å². The minimum atomic E-state index is -1.33. The molecule has 0 aromatic heterocycles. The topological polar surface area (TPSA) is 84.6 Å². The van der Waals surface area contributed by atoms with E-state index in [1.54, 1.807) is 0 Å². The molecule has 1 aliphatic heterocycles. The number of anilines is 2. The summed E-state index contributed by atoms with van der Waals surface area (Å²) in [5.74, 6) is -2.12. The quantitative estimate of drug-likeness (QED) is 0.715. The molecule has 1 fully saturated rings. The highest BCUT2D eigenvalue weighted by Gasteiger charge is 2.17. The maximum absolute atomic E-state index is 13.5. The van der Waals surface area contributed by atoms with Crippen LogP contribution >= 0.6 is 0 Å². The van der Waals surface area contributed by atoms with Crippen LogP contribution in [0.3, 0.4) is 0 Å². The van der Waals surface area contributed by atoms with Gasteiger partial charge in [0.2, 0.25) is 0 Å². The van der Waals surface area contributed by atoms with Crippen molar-refractivity contribution in [3.63, 3.8) is 0 Å². The van der Waals surface area contributed by atoms with Crippen LogP contribution in [0.2, 0.25) is 0 Å². The van der Waals surface area contributed by atoms with Crippen LogP contribution in [0.4, 0.5) is 15.8 Å². The van der Waals surface area contributed by atoms with E-state index in [0.29, 0.717) is 12.3 Å². The second-order valence-corrected chi connectivity index (χ2v) is 4.28. The molecule has 1 aliphatic rings. The largest absolute Gasteiger partial charge is 0.478 e. The third-order valence-corrected chi connectivity index (χ3v) is 2.89. The third-order valence-electron chi connectivity index (χ3n) is 2.89. The fraction of sp³-hybridized carbons (Fsp3) is 0.417. The van der Waals surface area contributed by atoms with Gasteiger partial charge < -0.3 is 20.9 Å². The molecule has 0 bridgehead atoms. The van der Waals surface area contributed by atoms with Gasteiger partial charge in [-0.2, -0.15) is 0 Å². The van der Waals surface area contributed by atoms with Crippen LogP contribution in [0.5, 0.6) is 0 Å². The molecule has 1 aromatic carbocycles. The number of carboxylic acid groups (broad SMARTS) is 1. The highest BCUT2D eigenvalue weighted by Crippen LogP contribution is 2.25. The number of nitrogens with one attached hydrogen (secondary N) is 1. The zero-order valence-electron chi connectivity index (χ0n) is 9.78. The Kier molecular flexibility index (Phi) is 3.66. The molecule has 0 saturated carbocycles. The molecule has 0 aliphatic carbocycles. The Morgan fingerprint density at radius 3 is 2.94 bits per heavy atom. The lowest BCUT2D eigenvalue weighted by atomic mass is 10.1. The molecule has 0 radical (unpaired) electrons. The van der Waals surface area contributed by atoms with E-state index in [1.807, 2.05) is 0 Å². The van der Waals surface area contributed by atoms with Crippen LogP contribution < -0.4 is 11.1 Å². The summed E-state index contributed by atoms with van der Waals surface area (Å²) in [4.78, 5) is 10.7. The van der Waals surface area contributed by atoms with E-state index in [9.17, 15) is 9.18 Å². The molecular weight excluding hydrogens is 239 g/mol. The van der Waals surface area contributed by atoms with E-state index < -0.39 is 17.3 Å². The van der Waals surface area contributed by atoms with Gasteiger partial charge in [-0.3, -0.25) is 0 Å². The van der Waals surface area contributed by atoms with E-state index >= 15 is 0 Å². The maximum atomic E-state index is 13.5. The van der Waals surface area contributed by atoms with Gasteiger partial charge >= 0.3 is 5.97 Å². The molecule has 1 unspecified atom stereocenters. The Hall–Kier alpha value is -1.82. The van der Waals surface area contributed by atoms with Crippen molar-refractivity contribution < 1.29 is 19.0 Å².